The Morgan fingerprint density at radius 1 is 0.516 bits per heavy atom. The molecular weight excluding hydrogens is 1420 g/mol. The molecule has 4 aromatic carbocycles. The highest BCUT2D eigenvalue weighted by molar-refractivity contribution is 6.67. The van der Waals surface area contributed by atoms with Crippen molar-refractivity contribution in [1.29, 1.82) is 0 Å². The quantitative estimate of drug-likeness (QED) is 0.0622. The average Bonchev–Trinajstić information content (AvgIpc) is 1.70. The smallest absolute Gasteiger partial charge is 0.444 e. The van der Waals surface area contributed by atoms with Crippen LogP contribution >= 0.6 is 104 Å². The summed E-state index contributed by atoms with van der Waals surface area (Å²) < 4.78 is 54.1. The van der Waals surface area contributed by atoms with Crippen LogP contribution in [0.3, 0.4) is 0 Å². The molecule has 95 heavy (non-hydrogen) atoms. The van der Waals surface area contributed by atoms with Crippen molar-refractivity contribution in [2.24, 2.45) is 10.8 Å². The van der Waals surface area contributed by atoms with Gasteiger partial charge in [0.2, 0.25) is 0 Å². The van der Waals surface area contributed by atoms with E-state index in [2.05, 4.69) is 70.6 Å². The topological polar surface area (TPSA) is 172 Å². The van der Waals surface area contributed by atoms with E-state index in [0.717, 1.165) is 28.2 Å². The van der Waals surface area contributed by atoms with Crippen molar-refractivity contribution in [1.82, 2.24) is 39.1 Å². The molecule has 2 aliphatic rings. The zero-order valence-corrected chi connectivity index (χ0v) is 61.7. The van der Waals surface area contributed by atoms with Gasteiger partial charge in [-0.05, 0) is 168 Å². The Morgan fingerprint density at radius 2 is 0.884 bits per heavy atom. The SMILES string of the molecule is CC(C)(C)OC(=O)N1CCC(F)(CN(C(=O)OC(Cl)(Cl)Cl)[C@@H](c2nc(-c3ccccc3)cn2Cc2ccccc2)C(C)(C)C)C1.CC(C)(C)OC(=O)N1CCC(F)(CN[C@@H](c2nc(-c3ccccc3)cn2Cc2ccccc2)C(C)(C)C)C1.O=C(OC(Cl)(Cl)Cl)OC(Cl)(Cl)Cl. The number of nitrogens with zero attached hydrogens (tertiary/aromatic N) is 7. The van der Waals surface area contributed by atoms with Crippen molar-refractivity contribution in [2.45, 2.75) is 156 Å². The van der Waals surface area contributed by atoms with Gasteiger partial charge in [-0.1, -0.05) is 163 Å². The summed E-state index contributed by atoms with van der Waals surface area (Å²) in [6, 6.07) is 38.8. The number of amides is 3. The third-order valence-electron chi connectivity index (χ3n) is 14.5. The Kier molecular flexibility index (Phi) is 26.7. The molecule has 520 valence electrons. The molecule has 0 saturated carbocycles. The minimum absolute atomic E-state index is 0.0134. The molecular formula is C67H81Cl9F2N8O9. The Bertz CT molecular complexity index is 3460. The summed E-state index contributed by atoms with van der Waals surface area (Å²) >= 11 is 48.0. The molecule has 6 aromatic rings. The van der Waals surface area contributed by atoms with Crippen molar-refractivity contribution in [2.75, 3.05) is 39.3 Å². The molecule has 17 nitrogen and oxygen atoms in total. The van der Waals surface area contributed by atoms with Gasteiger partial charge in [-0.25, -0.2) is 37.9 Å². The van der Waals surface area contributed by atoms with Gasteiger partial charge < -0.3 is 47.9 Å². The molecule has 0 bridgehead atoms. The fraction of sp³-hybridized carbons (Fsp3) is 0.493. The number of carbonyl (C=O) groups excluding carboxylic acids is 4. The van der Waals surface area contributed by atoms with Gasteiger partial charge in [0.1, 0.15) is 34.2 Å². The first kappa shape index (κ1) is 78.8. The van der Waals surface area contributed by atoms with Gasteiger partial charge in [0.15, 0.2) is 0 Å². The predicted molar refractivity (Wildman–Crippen MR) is 373 cm³/mol. The number of likely N-dealkylation sites (tertiary alicyclic amines) is 2. The van der Waals surface area contributed by atoms with Crippen LogP contribution in [-0.4, -0.2) is 132 Å². The van der Waals surface area contributed by atoms with Gasteiger partial charge in [0.05, 0.1) is 43.1 Å². The van der Waals surface area contributed by atoms with Crippen LogP contribution in [0.1, 0.15) is 131 Å². The minimum Gasteiger partial charge on any atom is -0.444 e. The summed E-state index contributed by atoms with van der Waals surface area (Å²) in [6.07, 6.45) is 0.709. The fourth-order valence-electron chi connectivity index (χ4n) is 10.5. The summed E-state index contributed by atoms with van der Waals surface area (Å²) in [7, 11) is 0. The first-order valence-corrected chi connectivity index (χ1v) is 33.7. The molecule has 3 amide bonds. The minimum atomic E-state index is -2.39. The second kappa shape index (κ2) is 32.2. The van der Waals surface area contributed by atoms with Gasteiger partial charge in [-0.2, -0.15) is 0 Å². The van der Waals surface area contributed by atoms with E-state index < -0.39 is 76.9 Å². The third kappa shape index (κ3) is 25.9. The van der Waals surface area contributed by atoms with Crippen LogP contribution in [0, 0.1) is 10.8 Å². The molecule has 0 radical (unpaired) electrons. The molecule has 28 heteroatoms. The lowest BCUT2D eigenvalue weighted by Crippen LogP contribution is -2.51. The highest BCUT2D eigenvalue weighted by Crippen LogP contribution is 2.44. The summed E-state index contributed by atoms with van der Waals surface area (Å²) in [4.78, 5) is 63.8. The van der Waals surface area contributed by atoms with Gasteiger partial charge in [-0.15, -0.1) is 0 Å². The molecule has 2 fully saturated rings. The number of halogens is 11. The fourth-order valence-corrected chi connectivity index (χ4v) is 11.1. The van der Waals surface area contributed by atoms with E-state index in [-0.39, 0.29) is 50.5 Å². The number of hydrogen-bond acceptors (Lipinski definition) is 12. The van der Waals surface area contributed by atoms with E-state index in [1.54, 1.807) is 20.8 Å². The Labute approximate surface area is 600 Å². The van der Waals surface area contributed by atoms with Crippen LogP contribution in [0.5, 0.6) is 0 Å². The van der Waals surface area contributed by atoms with Crippen molar-refractivity contribution >= 4 is 129 Å². The summed E-state index contributed by atoms with van der Waals surface area (Å²) in [5.74, 6) is 1.36. The second-order valence-corrected chi connectivity index (χ2v) is 33.8. The van der Waals surface area contributed by atoms with Crippen LogP contribution in [-0.2, 0) is 36.8 Å². The number of carbonyl (C=O) groups is 4. The molecule has 2 unspecified atom stereocenters. The van der Waals surface area contributed by atoms with Crippen molar-refractivity contribution in [3.8, 4) is 22.5 Å². The number of rotatable bonds is 14. The molecule has 1 N–H and O–H groups in total. The van der Waals surface area contributed by atoms with Crippen LogP contribution in [0.25, 0.3) is 22.5 Å². The molecule has 2 saturated heterocycles. The van der Waals surface area contributed by atoms with Crippen LogP contribution in [0.4, 0.5) is 28.0 Å². The highest BCUT2D eigenvalue weighted by Gasteiger charge is 2.50. The Morgan fingerprint density at radius 3 is 1.26 bits per heavy atom. The highest BCUT2D eigenvalue weighted by atomic mass is 35.6. The average molecular weight is 1500 g/mol. The van der Waals surface area contributed by atoms with Crippen LogP contribution in [0.2, 0.25) is 0 Å². The van der Waals surface area contributed by atoms with Gasteiger partial charge in [-0.3, -0.25) is 4.90 Å². The van der Waals surface area contributed by atoms with Crippen molar-refractivity contribution in [3.05, 3.63) is 156 Å². The maximum Gasteiger partial charge on any atom is 0.515 e. The van der Waals surface area contributed by atoms with E-state index in [9.17, 15) is 19.2 Å². The molecule has 0 spiro atoms. The number of benzene rings is 4. The Hall–Kier alpha value is -5.19. The number of hydrogen-bond donors (Lipinski definition) is 1. The van der Waals surface area contributed by atoms with Gasteiger partial charge in [0.25, 0.3) is 0 Å². The zero-order chi connectivity index (χ0) is 70.8. The molecule has 4 atom stereocenters. The molecule has 2 aromatic heterocycles. The summed E-state index contributed by atoms with van der Waals surface area (Å²) in [5.41, 5.74) is -0.202. The number of nitrogens with one attached hydrogen (secondary N) is 1. The number of imidazole rings is 2. The van der Waals surface area contributed by atoms with Crippen molar-refractivity contribution < 1.29 is 51.6 Å². The van der Waals surface area contributed by atoms with Crippen LogP contribution in [0.15, 0.2) is 134 Å². The van der Waals surface area contributed by atoms with E-state index in [1.807, 2.05) is 149 Å². The lowest BCUT2D eigenvalue weighted by Gasteiger charge is -2.41. The van der Waals surface area contributed by atoms with Crippen molar-refractivity contribution in [3.63, 3.8) is 0 Å². The Balaban J connectivity index is 0.000000259. The largest absolute Gasteiger partial charge is 0.515 e. The first-order chi connectivity index (χ1) is 43.8. The van der Waals surface area contributed by atoms with E-state index in [0.29, 0.717) is 31.2 Å². The van der Waals surface area contributed by atoms with E-state index in [4.69, 9.17) is 129 Å². The number of alkyl halides is 11. The van der Waals surface area contributed by atoms with E-state index >= 15 is 8.78 Å². The molecule has 0 aliphatic carbocycles. The molecule has 2 aliphatic heterocycles. The van der Waals surface area contributed by atoms with Gasteiger partial charge >= 0.3 is 36.4 Å². The molecule has 8 rings (SSSR count). The maximum absolute atomic E-state index is 16.8. The normalized spacial score (nSPS) is 17.7. The summed E-state index contributed by atoms with van der Waals surface area (Å²) in [5, 5.41) is 3.52. The third-order valence-corrected chi connectivity index (χ3v) is 15.2. The zero-order valence-electron chi connectivity index (χ0n) is 54.9. The standard InChI is InChI=1S/C33H40Cl3FN4O4.C31H41FN4O2.C3Cl6O3/c1-30(2,3)26(27-38-25(24-15-11-8-12-16-24)20-40(27)19-23-13-9-7-10-14-23)41(29(43)45-33(34,35)36)22-32(37)17-18-39(21-32)28(42)44-31(4,5)6;1-29(2,3)26(33-21-31(32)17-18-35(22-31)28(37)38-30(4,5)6)27-34-25(24-15-11-8-12-16-24)20-36(27)19-23-13-9-7-10-14-23;4-2(5,6)11-1(10)12-3(7,8)9/h7-16,20,26H,17-19,21-22H2,1-6H3;7-16,20,26,33H,17-19,21-22H2,1-6H3;/t26-,32?;26-,31?;/m00./s1. The predicted octanol–water partition coefficient (Wildman–Crippen LogP) is 19.2. The molecule has 4 heterocycles. The monoisotopic (exact) mass is 1490 g/mol. The number of aromatic nitrogens is 4. The maximum atomic E-state index is 16.8. The number of ether oxygens (including phenoxy) is 5. The lowest BCUT2D eigenvalue weighted by atomic mass is 9.84. The second-order valence-electron chi connectivity index (χ2n) is 27.3. The van der Waals surface area contributed by atoms with Crippen LogP contribution < -0.4 is 5.32 Å². The van der Waals surface area contributed by atoms with E-state index in [1.165, 1.54) is 20.3 Å². The first-order valence-electron chi connectivity index (χ1n) is 30.3. The summed E-state index contributed by atoms with van der Waals surface area (Å²) in [6.45, 7) is 23.8. The lowest BCUT2D eigenvalue weighted by molar-refractivity contribution is 0.00828. The van der Waals surface area contributed by atoms with Gasteiger partial charge in [0, 0.05) is 69.1 Å².